The molecule has 0 radical (unpaired) electrons. The first-order valence-corrected chi connectivity index (χ1v) is 10.0. The zero-order chi connectivity index (χ0) is 19.5. The monoisotopic (exact) mass is 408 g/mol. The number of halogens is 1. The fourth-order valence-corrected chi connectivity index (χ4v) is 3.82. The van der Waals surface area contributed by atoms with E-state index < -0.39 is 0 Å². The highest BCUT2D eigenvalue weighted by Gasteiger charge is 2.24. The van der Waals surface area contributed by atoms with Crippen LogP contribution in [0.1, 0.15) is 18.2 Å². The summed E-state index contributed by atoms with van der Waals surface area (Å²) >= 11 is 7.51. The first kappa shape index (κ1) is 18.6. The number of carbonyl (C=O) groups is 1. The van der Waals surface area contributed by atoms with E-state index in [0.717, 1.165) is 17.7 Å². The lowest BCUT2D eigenvalue weighted by molar-refractivity contribution is -0.115. The largest absolute Gasteiger partial charge is 0.457 e. The van der Waals surface area contributed by atoms with Gasteiger partial charge in [-0.2, -0.15) is 0 Å². The van der Waals surface area contributed by atoms with Crippen molar-refractivity contribution in [3.8, 4) is 11.3 Å². The minimum atomic E-state index is -0.190. The lowest BCUT2D eigenvalue weighted by atomic mass is 10.2. The molecular weight excluding hydrogens is 392 g/mol. The number of benzene rings is 2. The lowest BCUT2D eigenvalue weighted by Gasteiger charge is -1.99. The number of nitrogens with one attached hydrogen (secondary N) is 1. The molecule has 4 nitrogen and oxygen atoms in total. The van der Waals surface area contributed by atoms with Gasteiger partial charge in [0.25, 0.3) is 5.91 Å². The molecule has 2 heterocycles. The van der Waals surface area contributed by atoms with Gasteiger partial charge in [-0.15, -0.1) is 0 Å². The highest BCUT2D eigenvalue weighted by atomic mass is 35.5. The zero-order valence-electron chi connectivity index (χ0n) is 15.1. The summed E-state index contributed by atoms with van der Waals surface area (Å²) in [6.07, 6.45) is 2.69. The van der Waals surface area contributed by atoms with Gasteiger partial charge in [-0.3, -0.25) is 4.79 Å². The third-order valence-corrected chi connectivity index (χ3v) is 5.51. The average molecular weight is 409 g/mol. The van der Waals surface area contributed by atoms with Gasteiger partial charge in [-0.1, -0.05) is 42.8 Å². The molecule has 4 rings (SSSR count). The average Bonchev–Trinajstić information content (AvgIpc) is 3.30. The summed E-state index contributed by atoms with van der Waals surface area (Å²) < 4.78 is 5.85. The molecule has 1 aromatic heterocycles. The second-order valence-corrected chi connectivity index (χ2v) is 7.62. The second-order valence-electron chi connectivity index (χ2n) is 6.18. The Morgan fingerprint density at radius 3 is 2.64 bits per heavy atom. The van der Waals surface area contributed by atoms with Crippen LogP contribution < -0.4 is 5.32 Å². The summed E-state index contributed by atoms with van der Waals surface area (Å²) in [5.74, 6) is 1.05. The lowest BCUT2D eigenvalue weighted by Crippen LogP contribution is -2.19. The minimum Gasteiger partial charge on any atom is -0.457 e. The molecule has 0 spiro atoms. The zero-order valence-corrected chi connectivity index (χ0v) is 16.7. The second kappa shape index (κ2) is 8.09. The van der Waals surface area contributed by atoms with Gasteiger partial charge in [0.05, 0.1) is 15.6 Å². The number of thioether (sulfide) groups is 1. The predicted molar refractivity (Wildman–Crippen MR) is 116 cm³/mol. The highest BCUT2D eigenvalue weighted by molar-refractivity contribution is 8.18. The molecular formula is C22H17ClN2O2S. The molecule has 1 saturated heterocycles. The van der Waals surface area contributed by atoms with Crippen LogP contribution in [0.25, 0.3) is 17.4 Å². The number of aryl methyl sites for hydroxylation is 1. The van der Waals surface area contributed by atoms with Gasteiger partial charge in [0.2, 0.25) is 0 Å². The minimum absolute atomic E-state index is 0.190. The number of furan rings is 1. The SMILES string of the molecule is CCc1ccc(N=C2NC(=O)C(=Cc3ccc(-c4ccccc4Cl)o3)S2)cc1. The first-order valence-electron chi connectivity index (χ1n) is 8.85. The number of amidine groups is 1. The molecule has 0 atom stereocenters. The molecule has 0 unspecified atom stereocenters. The molecule has 28 heavy (non-hydrogen) atoms. The van der Waals surface area contributed by atoms with Gasteiger partial charge in [0, 0.05) is 11.6 Å². The molecule has 3 aromatic rings. The van der Waals surface area contributed by atoms with E-state index in [4.69, 9.17) is 16.0 Å². The van der Waals surface area contributed by atoms with Gasteiger partial charge < -0.3 is 9.73 Å². The van der Waals surface area contributed by atoms with Gasteiger partial charge in [0.1, 0.15) is 11.5 Å². The first-order chi connectivity index (χ1) is 13.6. The van der Waals surface area contributed by atoms with E-state index in [1.807, 2.05) is 60.7 Å². The summed E-state index contributed by atoms with van der Waals surface area (Å²) in [5.41, 5.74) is 2.87. The quantitative estimate of drug-likeness (QED) is 0.534. The maximum Gasteiger partial charge on any atom is 0.264 e. The van der Waals surface area contributed by atoms with Crippen molar-refractivity contribution in [2.75, 3.05) is 0 Å². The molecule has 0 aliphatic carbocycles. The number of nitrogens with zero attached hydrogens (tertiary/aromatic N) is 1. The van der Waals surface area contributed by atoms with Crippen LogP contribution in [0, 0.1) is 0 Å². The van der Waals surface area contributed by atoms with Crippen LogP contribution in [-0.2, 0) is 11.2 Å². The number of carbonyl (C=O) groups excluding carboxylic acids is 1. The van der Waals surface area contributed by atoms with Crippen LogP contribution in [0.5, 0.6) is 0 Å². The molecule has 1 fully saturated rings. The van der Waals surface area contributed by atoms with E-state index >= 15 is 0 Å². The fraction of sp³-hybridized carbons (Fsp3) is 0.0909. The summed E-state index contributed by atoms with van der Waals surface area (Å²) in [5, 5.41) is 3.96. The van der Waals surface area contributed by atoms with Crippen LogP contribution in [-0.4, -0.2) is 11.1 Å². The number of rotatable bonds is 4. The van der Waals surface area contributed by atoms with Gasteiger partial charge in [-0.25, -0.2) is 4.99 Å². The third kappa shape index (κ3) is 4.06. The van der Waals surface area contributed by atoms with E-state index in [9.17, 15) is 4.79 Å². The van der Waals surface area contributed by atoms with Crippen LogP contribution in [0.3, 0.4) is 0 Å². The van der Waals surface area contributed by atoms with E-state index in [-0.39, 0.29) is 5.91 Å². The Kier molecular flexibility index (Phi) is 5.37. The maximum absolute atomic E-state index is 12.3. The van der Waals surface area contributed by atoms with Crippen LogP contribution in [0.4, 0.5) is 5.69 Å². The van der Waals surface area contributed by atoms with Crippen LogP contribution in [0.2, 0.25) is 5.02 Å². The number of amides is 1. The van der Waals surface area contributed by atoms with Crippen molar-refractivity contribution in [1.82, 2.24) is 5.32 Å². The van der Waals surface area contributed by atoms with Crippen molar-refractivity contribution < 1.29 is 9.21 Å². The summed E-state index contributed by atoms with van der Waals surface area (Å²) in [4.78, 5) is 17.3. The number of aliphatic imine (C=N–C) groups is 1. The Morgan fingerprint density at radius 1 is 1.11 bits per heavy atom. The van der Waals surface area contributed by atoms with E-state index in [0.29, 0.717) is 26.6 Å². The third-order valence-electron chi connectivity index (χ3n) is 4.27. The summed E-state index contributed by atoms with van der Waals surface area (Å²) in [6, 6.07) is 19.1. The van der Waals surface area contributed by atoms with Crippen molar-refractivity contribution in [2.45, 2.75) is 13.3 Å². The molecule has 1 aliphatic heterocycles. The van der Waals surface area contributed by atoms with Crippen LogP contribution in [0.15, 0.2) is 75.0 Å². The topological polar surface area (TPSA) is 54.6 Å². The Bertz CT molecular complexity index is 1080. The van der Waals surface area contributed by atoms with Crippen molar-refractivity contribution in [3.63, 3.8) is 0 Å². The van der Waals surface area contributed by atoms with E-state index in [1.165, 1.54) is 17.3 Å². The normalized spacial score (nSPS) is 16.7. The number of hydrogen-bond acceptors (Lipinski definition) is 4. The van der Waals surface area contributed by atoms with Crippen LogP contribution >= 0.6 is 23.4 Å². The molecule has 1 aliphatic rings. The van der Waals surface area contributed by atoms with Gasteiger partial charge in [0.15, 0.2) is 5.17 Å². The summed E-state index contributed by atoms with van der Waals surface area (Å²) in [7, 11) is 0. The molecule has 2 aromatic carbocycles. The van der Waals surface area contributed by atoms with Gasteiger partial charge >= 0.3 is 0 Å². The van der Waals surface area contributed by atoms with Crippen molar-refractivity contribution in [2.24, 2.45) is 4.99 Å². The molecule has 1 N–H and O–H groups in total. The smallest absolute Gasteiger partial charge is 0.264 e. The molecule has 1 amide bonds. The van der Waals surface area contributed by atoms with Crippen molar-refractivity contribution in [3.05, 3.63) is 81.9 Å². The Morgan fingerprint density at radius 2 is 1.89 bits per heavy atom. The summed E-state index contributed by atoms with van der Waals surface area (Å²) in [6.45, 7) is 2.11. The fourth-order valence-electron chi connectivity index (χ4n) is 2.77. The Hall–Kier alpha value is -2.76. The Balaban J connectivity index is 1.53. The molecule has 140 valence electrons. The van der Waals surface area contributed by atoms with Crippen molar-refractivity contribution >= 4 is 46.2 Å². The van der Waals surface area contributed by atoms with Gasteiger partial charge in [-0.05, 0) is 60.1 Å². The standard InChI is InChI=1S/C22H17ClN2O2S/c1-2-14-7-9-15(10-8-14)24-22-25-21(26)20(28-22)13-16-11-12-19(27-16)17-5-3-4-6-18(17)23/h3-13H,2H2,1H3,(H,24,25,26). The highest BCUT2D eigenvalue weighted by Crippen LogP contribution is 2.32. The molecule has 0 bridgehead atoms. The van der Waals surface area contributed by atoms with Crippen molar-refractivity contribution in [1.29, 1.82) is 0 Å². The maximum atomic E-state index is 12.3. The Labute approximate surface area is 172 Å². The molecule has 0 saturated carbocycles. The number of hydrogen-bond donors (Lipinski definition) is 1. The molecule has 6 heteroatoms. The van der Waals surface area contributed by atoms with E-state index in [1.54, 1.807) is 6.08 Å². The predicted octanol–water partition coefficient (Wildman–Crippen LogP) is 6.05. The van der Waals surface area contributed by atoms with E-state index in [2.05, 4.69) is 17.2 Å².